The Morgan fingerprint density at radius 3 is 1.96 bits per heavy atom. The van der Waals surface area contributed by atoms with Gasteiger partial charge in [0, 0.05) is 7.05 Å². The zero-order valence-corrected chi connectivity index (χ0v) is 19.6. The van der Waals surface area contributed by atoms with Crippen LogP contribution in [0, 0.1) is 11.8 Å². The normalized spacial score (nSPS) is 22.0. The minimum Gasteiger partial charge on any atom is -0.334 e. The number of benzene rings is 1. The fourth-order valence-corrected chi connectivity index (χ4v) is 3.76. The Balaban J connectivity index is 0.00000103. The number of rotatable bonds is 1. The lowest BCUT2D eigenvalue weighted by molar-refractivity contribution is 0.390. The summed E-state index contributed by atoms with van der Waals surface area (Å²) in [5, 5.41) is 0. The molecule has 0 amide bonds. The van der Waals surface area contributed by atoms with E-state index in [1.165, 1.54) is 28.0 Å². The average Bonchev–Trinajstić information content (AvgIpc) is 3.17. The van der Waals surface area contributed by atoms with Gasteiger partial charge < -0.3 is 4.57 Å². The standard InChI is InChI=1S/C19H24N2.3C2H6/c1-12-13(2)16-8-6-7-9-17(16)19(14(12)3)15(4)18-10-20-11-21(18)5;3*1-2/h6-14H,1-5H3;3*1-2H3/b19-15+;;;. The summed E-state index contributed by atoms with van der Waals surface area (Å²) >= 11 is 0. The molecule has 1 heterocycles. The van der Waals surface area contributed by atoms with Crippen molar-refractivity contribution in [1.82, 2.24) is 9.55 Å². The third-order valence-electron chi connectivity index (χ3n) is 5.38. The maximum Gasteiger partial charge on any atom is 0.0948 e. The highest BCUT2D eigenvalue weighted by Crippen LogP contribution is 2.47. The Hall–Kier alpha value is -1.83. The van der Waals surface area contributed by atoms with Crippen LogP contribution in [0.1, 0.15) is 92.0 Å². The predicted molar refractivity (Wildman–Crippen MR) is 123 cm³/mol. The summed E-state index contributed by atoms with van der Waals surface area (Å²) in [5.74, 6) is 1.82. The van der Waals surface area contributed by atoms with E-state index in [-0.39, 0.29) is 0 Å². The minimum atomic E-state index is 0.560. The van der Waals surface area contributed by atoms with Gasteiger partial charge in [-0.1, -0.05) is 86.6 Å². The highest BCUT2D eigenvalue weighted by atomic mass is 15.0. The largest absolute Gasteiger partial charge is 0.334 e. The molecule has 3 unspecified atom stereocenters. The van der Waals surface area contributed by atoms with Crippen LogP contribution in [0.4, 0.5) is 0 Å². The zero-order chi connectivity index (χ0) is 21.1. The van der Waals surface area contributed by atoms with Crippen molar-refractivity contribution in [3.63, 3.8) is 0 Å². The molecule has 1 aliphatic rings. The van der Waals surface area contributed by atoms with Crippen LogP contribution < -0.4 is 0 Å². The van der Waals surface area contributed by atoms with Crippen LogP contribution in [0.5, 0.6) is 0 Å². The van der Waals surface area contributed by atoms with Crippen molar-refractivity contribution in [3.8, 4) is 0 Å². The van der Waals surface area contributed by atoms with Crippen LogP contribution in [-0.2, 0) is 7.05 Å². The van der Waals surface area contributed by atoms with E-state index in [4.69, 9.17) is 0 Å². The van der Waals surface area contributed by atoms with E-state index in [2.05, 4.69) is 68.6 Å². The van der Waals surface area contributed by atoms with E-state index >= 15 is 0 Å². The Labute approximate surface area is 168 Å². The highest BCUT2D eigenvalue weighted by molar-refractivity contribution is 5.91. The van der Waals surface area contributed by atoms with Gasteiger partial charge in [0.05, 0.1) is 18.2 Å². The van der Waals surface area contributed by atoms with Gasteiger partial charge in [-0.3, -0.25) is 0 Å². The lowest BCUT2D eigenvalue weighted by atomic mass is 9.67. The van der Waals surface area contributed by atoms with Crippen molar-refractivity contribution in [2.24, 2.45) is 18.9 Å². The molecule has 0 aliphatic heterocycles. The molecule has 2 heteroatoms. The highest BCUT2D eigenvalue weighted by Gasteiger charge is 2.33. The minimum absolute atomic E-state index is 0.560. The molecule has 3 rings (SSSR count). The molecule has 1 aromatic heterocycles. The number of aromatic nitrogens is 2. The Kier molecular flexibility index (Phi) is 11.7. The van der Waals surface area contributed by atoms with E-state index in [9.17, 15) is 0 Å². The first-order valence-electron chi connectivity index (χ1n) is 10.8. The fraction of sp³-hybridized carbons (Fsp3) is 0.560. The van der Waals surface area contributed by atoms with Crippen LogP contribution in [0.15, 0.2) is 36.8 Å². The van der Waals surface area contributed by atoms with Gasteiger partial charge in [-0.15, -0.1) is 0 Å². The fourth-order valence-electron chi connectivity index (χ4n) is 3.76. The molecule has 27 heavy (non-hydrogen) atoms. The van der Waals surface area contributed by atoms with Crippen molar-refractivity contribution >= 4 is 11.1 Å². The predicted octanol–water partition coefficient (Wildman–Crippen LogP) is 7.82. The summed E-state index contributed by atoms with van der Waals surface area (Å²) in [6.07, 6.45) is 3.85. The second-order valence-electron chi connectivity index (χ2n) is 6.45. The van der Waals surface area contributed by atoms with Crippen molar-refractivity contribution < 1.29 is 0 Å². The molecule has 3 atom stereocenters. The molecule has 0 radical (unpaired) electrons. The van der Waals surface area contributed by atoms with Crippen molar-refractivity contribution in [3.05, 3.63) is 53.6 Å². The number of imidazole rings is 1. The van der Waals surface area contributed by atoms with Gasteiger partial charge in [0.2, 0.25) is 0 Å². The first-order chi connectivity index (χ1) is 13.0. The molecule has 0 fully saturated rings. The van der Waals surface area contributed by atoms with Gasteiger partial charge in [0.25, 0.3) is 0 Å². The van der Waals surface area contributed by atoms with Gasteiger partial charge in [-0.05, 0) is 47.0 Å². The van der Waals surface area contributed by atoms with Crippen molar-refractivity contribution in [2.75, 3.05) is 0 Å². The van der Waals surface area contributed by atoms with Crippen LogP contribution in [0.3, 0.4) is 0 Å². The van der Waals surface area contributed by atoms with Gasteiger partial charge in [-0.2, -0.15) is 0 Å². The van der Waals surface area contributed by atoms with E-state index < -0.39 is 0 Å². The summed E-state index contributed by atoms with van der Waals surface area (Å²) < 4.78 is 2.11. The van der Waals surface area contributed by atoms with E-state index in [1.54, 1.807) is 0 Å². The molecule has 1 aliphatic carbocycles. The van der Waals surface area contributed by atoms with E-state index in [0.717, 1.165) is 0 Å². The molecular formula is C25H42N2. The zero-order valence-electron chi connectivity index (χ0n) is 19.6. The first-order valence-corrected chi connectivity index (χ1v) is 10.8. The summed E-state index contributed by atoms with van der Waals surface area (Å²) in [5.41, 5.74) is 6.97. The molecular weight excluding hydrogens is 328 g/mol. The van der Waals surface area contributed by atoms with Gasteiger partial charge in [-0.25, -0.2) is 4.98 Å². The Morgan fingerprint density at radius 1 is 0.889 bits per heavy atom. The summed E-state index contributed by atoms with van der Waals surface area (Å²) in [7, 11) is 2.07. The molecule has 0 N–H and O–H groups in total. The average molecular weight is 371 g/mol. The van der Waals surface area contributed by atoms with Crippen LogP contribution in [0.25, 0.3) is 11.1 Å². The maximum atomic E-state index is 4.28. The number of fused-ring (bicyclic) bond motifs is 1. The Morgan fingerprint density at radius 2 is 1.44 bits per heavy atom. The van der Waals surface area contributed by atoms with Crippen LogP contribution in [-0.4, -0.2) is 9.55 Å². The smallest absolute Gasteiger partial charge is 0.0948 e. The van der Waals surface area contributed by atoms with Crippen LogP contribution in [0.2, 0.25) is 0 Å². The third-order valence-corrected chi connectivity index (χ3v) is 5.38. The summed E-state index contributed by atoms with van der Waals surface area (Å²) in [6.45, 7) is 21.3. The number of hydrogen-bond acceptors (Lipinski definition) is 1. The van der Waals surface area contributed by atoms with E-state index in [1.807, 2.05) is 54.1 Å². The lowest BCUT2D eigenvalue weighted by Crippen LogP contribution is -2.24. The van der Waals surface area contributed by atoms with Crippen molar-refractivity contribution in [1.29, 1.82) is 0 Å². The molecule has 2 aromatic rings. The van der Waals surface area contributed by atoms with E-state index in [0.29, 0.717) is 17.8 Å². The first kappa shape index (κ1) is 25.2. The van der Waals surface area contributed by atoms with Crippen molar-refractivity contribution in [2.45, 2.75) is 75.2 Å². The number of allylic oxidation sites excluding steroid dienone is 2. The molecule has 0 bridgehead atoms. The summed E-state index contributed by atoms with van der Waals surface area (Å²) in [6, 6.07) is 8.89. The Bertz CT molecular complexity index is 694. The molecule has 2 nitrogen and oxygen atoms in total. The summed E-state index contributed by atoms with van der Waals surface area (Å²) in [4.78, 5) is 4.28. The molecule has 0 saturated carbocycles. The monoisotopic (exact) mass is 370 g/mol. The quantitative estimate of drug-likeness (QED) is 0.500. The maximum absolute atomic E-state index is 4.28. The van der Waals surface area contributed by atoms with Gasteiger partial charge in [0.15, 0.2) is 0 Å². The second kappa shape index (κ2) is 12.5. The topological polar surface area (TPSA) is 17.8 Å². The molecule has 1 aromatic carbocycles. The SMILES string of the molecule is C/C(=C1\c2ccccc2C(C)C(C)C1C)c1cncn1C.CC.CC.CC. The number of hydrogen-bond donors (Lipinski definition) is 0. The molecule has 0 spiro atoms. The second-order valence-corrected chi connectivity index (χ2v) is 6.45. The molecule has 152 valence electrons. The van der Waals surface area contributed by atoms with Gasteiger partial charge in [0.1, 0.15) is 0 Å². The lowest BCUT2D eigenvalue weighted by Gasteiger charge is -2.37. The third kappa shape index (κ3) is 5.34. The van der Waals surface area contributed by atoms with Crippen LogP contribution >= 0.6 is 0 Å². The number of aryl methyl sites for hydroxylation is 1. The number of nitrogens with zero attached hydrogens (tertiary/aromatic N) is 2. The van der Waals surface area contributed by atoms with Gasteiger partial charge >= 0.3 is 0 Å². The molecule has 0 saturated heterocycles.